The summed E-state index contributed by atoms with van der Waals surface area (Å²) in [6, 6.07) is 5.44. The summed E-state index contributed by atoms with van der Waals surface area (Å²) >= 11 is 0. The van der Waals surface area contributed by atoms with Gasteiger partial charge in [-0.1, -0.05) is 6.92 Å². The van der Waals surface area contributed by atoms with E-state index in [0.717, 1.165) is 12.1 Å². The number of ether oxygens (including phenoxy) is 1. The molecule has 0 saturated carbocycles. The Bertz CT molecular complexity index is 641. The highest BCUT2D eigenvalue weighted by molar-refractivity contribution is 5.94. The highest BCUT2D eigenvalue weighted by Crippen LogP contribution is 2.18. The first kappa shape index (κ1) is 16.9. The number of rotatable bonds is 7. The van der Waals surface area contributed by atoms with E-state index in [-0.39, 0.29) is 17.7 Å². The number of carbonyl (C=O) groups is 1. The molecule has 0 fully saturated rings. The zero-order valence-electron chi connectivity index (χ0n) is 13.0. The topological polar surface area (TPSA) is 56.1 Å². The third-order valence-corrected chi connectivity index (χ3v) is 3.43. The van der Waals surface area contributed by atoms with E-state index in [0.29, 0.717) is 12.0 Å². The lowest BCUT2D eigenvalue weighted by Gasteiger charge is -2.15. The fraction of sp³-hybridized carbons (Fsp3) is 0.375. The number of halogens is 2. The molecule has 2 aromatic rings. The van der Waals surface area contributed by atoms with Crippen molar-refractivity contribution in [3.05, 3.63) is 47.8 Å². The third-order valence-electron chi connectivity index (χ3n) is 3.43. The lowest BCUT2D eigenvalue weighted by Crippen LogP contribution is -2.27. The molecule has 124 valence electrons. The Morgan fingerprint density at radius 2 is 2.00 bits per heavy atom. The minimum atomic E-state index is -2.88. The Labute approximate surface area is 133 Å². The molecule has 1 N–H and O–H groups in total. The van der Waals surface area contributed by atoms with E-state index in [1.54, 1.807) is 10.9 Å². The Kier molecular flexibility index (Phi) is 5.67. The second-order valence-electron chi connectivity index (χ2n) is 4.97. The second kappa shape index (κ2) is 7.71. The number of aryl methyl sites for hydroxylation is 1. The van der Waals surface area contributed by atoms with Gasteiger partial charge in [0.2, 0.25) is 0 Å². The van der Waals surface area contributed by atoms with Crippen LogP contribution in [-0.4, -0.2) is 22.3 Å². The van der Waals surface area contributed by atoms with Crippen LogP contribution in [-0.2, 0) is 6.54 Å². The van der Waals surface area contributed by atoms with Crippen molar-refractivity contribution in [1.29, 1.82) is 0 Å². The van der Waals surface area contributed by atoms with Gasteiger partial charge in [-0.3, -0.25) is 9.48 Å². The van der Waals surface area contributed by atoms with Crippen LogP contribution in [0.5, 0.6) is 5.75 Å². The largest absolute Gasteiger partial charge is 0.435 e. The smallest absolute Gasteiger partial charge is 0.387 e. The average Bonchev–Trinajstić information content (AvgIpc) is 3.01. The van der Waals surface area contributed by atoms with Crippen LogP contribution in [0.3, 0.4) is 0 Å². The molecule has 0 aliphatic heterocycles. The first-order chi connectivity index (χ1) is 11.0. The molecular weight excluding hydrogens is 304 g/mol. The molecule has 1 amide bonds. The quantitative estimate of drug-likeness (QED) is 0.850. The van der Waals surface area contributed by atoms with E-state index in [4.69, 9.17) is 0 Å². The minimum Gasteiger partial charge on any atom is -0.435 e. The maximum absolute atomic E-state index is 12.3. The van der Waals surface area contributed by atoms with E-state index in [2.05, 4.69) is 15.2 Å². The van der Waals surface area contributed by atoms with Crippen molar-refractivity contribution in [3.8, 4) is 5.75 Å². The summed E-state index contributed by atoms with van der Waals surface area (Å²) in [7, 11) is 0. The van der Waals surface area contributed by atoms with Gasteiger partial charge in [-0.25, -0.2) is 0 Å². The molecule has 0 saturated heterocycles. The lowest BCUT2D eigenvalue weighted by atomic mass is 10.1. The molecular formula is C16H19F2N3O2. The van der Waals surface area contributed by atoms with E-state index in [1.165, 1.54) is 24.3 Å². The Morgan fingerprint density at radius 3 is 2.52 bits per heavy atom. The van der Waals surface area contributed by atoms with Crippen LogP contribution in [0.4, 0.5) is 8.78 Å². The zero-order chi connectivity index (χ0) is 16.8. The van der Waals surface area contributed by atoms with Crippen molar-refractivity contribution in [2.45, 2.75) is 39.5 Å². The van der Waals surface area contributed by atoms with E-state index in [9.17, 15) is 13.6 Å². The molecule has 0 bridgehead atoms. The molecule has 7 heteroatoms. The summed E-state index contributed by atoms with van der Waals surface area (Å²) in [6.45, 7) is 1.83. The van der Waals surface area contributed by atoms with E-state index < -0.39 is 6.61 Å². The molecule has 0 spiro atoms. The van der Waals surface area contributed by atoms with Gasteiger partial charge in [0.15, 0.2) is 0 Å². The van der Waals surface area contributed by atoms with Crippen LogP contribution in [0.25, 0.3) is 0 Å². The predicted molar refractivity (Wildman–Crippen MR) is 81.5 cm³/mol. The van der Waals surface area contributed by atoms with Crippen molar-refractivity contribution in [3.63, 3.8) is 0 Å². The minimum absolute atomic E-state index is 0.0211. The van der Waals surface area contributed by atoms with Gasteiger partial charge in [-0.15, -0.1) is 0 Å². The van der Waals surface area contributed by atoms with Crippen LogP contribution in [0, 0.1) is 0 Å². The highest BCUT2D eigenvalue weighted by Gasteiger charge is 2.16. The third kappa shape index (κ3) is 4.51. The molecule has 0 aliphatic rings. The number of carbonyl (C=O) groups excluding carboxylic acids is 1. The zero-order valence-corrected chi connectivity index (χ0v) is 13.0. The first-order valence-corrected chi connectivity index (χ1v) is 7.41. The molecule has 2 rings (SSSR count). The summed E-state index contributed by atoms with van der Waals surface area (Å²) in [5, 5.41) is 7.12. The number of nitrogens with zero attached hydrogens (tertiary/aromatic N) is 2. The number of hydrogen-bond acceptors (Lipinski definition) is 3. The SMILES string of the molecule is CCC(NC(=O)c1ccc(OC(F)F)cc1)c1cnn(CC)c1. The van der Waals surface area contributed by atoms with Gasteiger partial charge >= 0.3 is 6.61 Å². The predicted octanol–water partition coefficient (Wildman–Crippen LogP) is 3.39. The molecule has 5 nitrogen and oxygen atoms in total. The monoisotopic (exact) mass is 323 g/mol. The highest BCUT2D eigenvalue weighted by atomic mass is 19.3. The van der Waals surface area contributed by atoms with Gasteiger partial charge < -0.3 is 10.1 Å². The van der Waals surface area contributed by atoms with Crippen LogP contribution in [0.15, 0.2) is 36.7 Å². The second-order valence-corrected chi connectivity index (χ2v) is 4.97. The Morgan fingerprint density at radius 1 is 1.30 bits per heavy atom. The summed E-state index contributed by atoms with van der Waals surface area (Å²) in [6.07, 6.45) is 4.35. The standard InChI is InChI=1S/C16H19F2N3O2/c1-3-14(12-9-19-21(4-2)10-12)20-15(22)11-5-7-13(8-6-11)23-16(17)18/h5-10,14,16H,3-4H2,1-2H3,(H,20,22). The average molecular weight is 323 g/mol. The number of alkyl halides is 2. The molecule has 1 aromatic heterocycles. The summed E-state index contributed by atoms with van der Waals surface area (Å²) < 4.78 is 30.3. The number of amides is 1. The Balaban J connectivity index is 2.04. The summed E-state index contributed by atoms with van der Waals surface area (Å²) in [5.41, 5.74) is 1.31. The summed E-state index contributed by atoms with van der Waals surface area (Å²) in [4.78, 5) is 12.3. The van der Waals surface area contributed by atoms with Crippen LogP contribution in [0.1, 0.15) is 42.2 Å². The van der Waals surface area contributed by atoms with Crippen LogP contribution >= 0.6 is 0 Å². The van der Waals surface area contributed by atoms with Gasteiger partial charge in [-0.2, -0.15) is 13.9 Å². The maximum atomic E-state index is 12.3. The van der Waals surface area contributed by atoms with Crippen LogP contribution in [0.2, 0.25) is 0 Å². The maximum Gasteiger partial charge on any atom is 0.387 e. The summed E-state index contributed by atoms with van der Waals surface area (Å²) in [5.74, 6) is -0.252. The number of nitrogens with one attached hydrogen (secondary N) is 1. The van der Waals surface area contributed by atoms with Gasteiger partial charge in [0, 0.05) is 23.9 Å². The molecule has 0 aliphatic carbocycles. The Hall–Kier alpha value is -2.44. The molecule has 1 unspecified atom stereocenters. The normalized spacial score (nSPS) is 12.2. The van der Waals surface area contributed by atoms with E-state index >= 15 is 0 Å². The number of aromatic nitrogens is 2. The van der Waals surface area contributed by atoms with Crippen molar-refractivity contribution in [2.24, 2.45) is 0 Å². The van der Waals surface area contributed by atoms with Crippen molar-refractivity contribution in [1.82, 2.24) is 15.1 Å². The molecule has 23 heavy (non-hydrogen) atoms. The first-order valence-electron chi connectivity index (χ1n) is 7.41. The molecule has 1 atom stereocenters. The number of benzene rings is 1. The fourth-order valence-electron chi connectivity index (χ4n) is 2.18. The molecule has 1 heterocycles. The van der Waals surface area contributed by atoms with Gasteiger partial charge in [0.05, 0.1) is 12.2 Å². The van der Waals surface area contributed by atoms with E-state index in [1.807, 2.05) is 20.0 Å². The molecule has 0 radical (unpaired) electrons. The number of hydrogen-bond donors (Lipinski definition) is 1. The van der Waals surface area contributed by atoms with Crippen molar-refractivity contribution < 1.29 is 18.3 Å². The lowest BCUT2D eigenvalue weighted by molar-refractivity contribution is -0.0498. The fourth-order valence-corrected chi connectivity index (χ4v) is 2.18. The van der Waals surface area contributed by atoms with Crippen molar-refractivity contribution >= 4 is 5.91 Å². The van der Waals surface area contributed by atoms with Crippen LogP contribution < -0.4 is 10.1 Å². The molecule has 1 aromatic carbocycles. The van der Waals surface area contributed by atoms with Crippen molar-refractivity contribution in [2.75, 3.05) is 0 Å². The van der Waals surface area contributed by atoms with Gasteiger partial charge in [0.1, 0.15) is 5.75 Å². The van der Waals surface area contributed by atoms with Gasteiger partial charge in [-0.05, 0) is 37.6 Å². The van der Waals surface area contributed by atoms with Gasteiger partial charge in [0.25, 0.3) is 5.91 Å².